The van der Waals surface area contributed by atoms with E-state index in [1.807, 2.05) is 115 Å². The minimum absolute atomic E-state index is 0.0584. The molecule has 7 nitrogen and oxygen atoms in total. The second kappa shape index (κ2) is 14.4. The van der Waals surface area contributed by atoms with Gasteiger partial charge in [0.15, 0.2) is 6.23 Å². The van der Waals surface area contributed by atoms with Gasteiger partial charge in [0.05, 0.1) is 32.5 Å². The van der Waals surface area contributed by atoms with E-state index in [1.54, 1.807) is 4.90 Å². The number of carbonyl (C=O) groups is 1. The van der Waals surface area contributed by atoms with Crippen LogP contribution < -0.4 is 0 Å². The molecule has 0 N–H and O–H groups in total. The third-order valence-electron chi connectivity index (χ3n) is 9.78. The smallest absolute Gasteiger partial charge is 0.412 e. The number of benzene rings is 5. The molecule has 5 aromatic rings. The molecular weight excluding hydrogens is 614 g/mol. The highest BCUT2D eigenvalue weighted by Crippen LogP contribution is 2.45. The van der Waals surface area contributed by atoms with E-state index in [9.17, 15) is 4.79 Å². The molecule has 0 saturated carbocycles. The van der Waals surface area contributed by atoms with Crippen LogP contribution in [0.4, 0.5) is 4.79 Å². The molecule has 2 bridgehead atoms. The molecule has 7 heteroatoms. The predicted molar refractivity (Wildman–Crippen MR) is 185 cm³/mol. The van der Waals surface area contributed by atoms with Gasteiger partial charge < -0.3 is 23.7 Å². The molecule has 0 spiro atoms. The standard InChI is InChI=1S/C42H39NO6/c44-42(49-27-36-34-22-12-10-20-32(34)33-21-11-13-23-35(33)36)43-37-28-48-41(43)40(47-26-31-18-8-3-9-19-31)39(46-25-30-16-6-2-7-17-30)38(37)45-24-29-14-4-1-5-15-29/h1-23,36-41H,24-28H2/t37-,38-,39+,40-,41+/m1/s1. The van der Waals surface area contributed by atoms with Crippen LogP contribution in [0.15, 0.2) is 140 Å². The van der Waals surface area contributed by atoms with Gasteiger partial charge in [-0.05, 0) is 38.9 Å². The molecule has 0 aromatic heterocycles. The van der Waals surface area contributed by atoms with Gasteiger partial charge in [0.2, 0.25) is 0 Å². The number of hydrogen-bond acceptors (Lipinski definition) is 6. The lowest BCUT2D eigenvalue weighted by atomic mass is 9.94. The van der Waals surface area contributed by atoms with Crippen LogP contribution in [0.1, 0.15) is 33.7 Å². The van der Waals surface area contributed by atoms with Crippen LogP contribution in [0.25, 0.3) is 11.1 Å². The monoisotopic (exact) mass is 653 g/mol. The Kier molecular flexibility index (Phi) is 9.23. The summed E-state index contributed by atoms with van der Waals surface area (Å²) in [5.74, 6) is -0.0584. The third-order valence-corrected chi connectivity index (χ3v) is 9.78. The summed E-state index contributed by atoms with van der Waals surface area (Å²) in [6.07, 6.45) is -2.84. The van der Waals surface area contributed by atoms with Crippen molar-refractivity contribution in [1.29, 1.82) is 0 Å². The number of carbonyl (C=O) groups excluding carboxylic acids is 1. The van der Waals surface area contributed by atoms with Crippen LogP contribution >= 0.6 is 0 Å². The first-order chi connectivity index (χ1) is 24.2. The Morgan fingerprint density at radius 2 is 1.02 bits per heavy atom. The first-order valence-electron chi connectivity index (χ1n) is 17.0. The van der Waals surface area contributed by atoms with Crippen molar-refractivity contribution in [3.05, 3.63) is 167 Å². The second-order valence-electron chi connectivity index (χ2n) is 12.8. The Balaban J connectivity index is 1.08. The molecule has 2 fully saturated rings. The van der Waals surface area contributed by atoms with Crippen molar-refractivity contribution in [1.82, 2.24) is 4.90 Å². The minimum atomic E-state index is -0.707. The zero-order chi connectivity index (χ0) is 33.0. The fourth-order valence-electron chi connectivity index (χ4n) is 7.40. The maximum Gasteiger partial charge on any atom is 0.412 e. The van der Waals surface area contributed by atoms with E-state index in [-0.39, 0.29) is 19.1 Å². The van der Waals surface area contributed by atoms with E-state index in [0.717, 1.165) is 27.8 Å². The molecule has 0 radical (unpaired) electrons. The molecule has 2 aliphatic heterocycles. The van der Waals surface area contributed by atoms with Crippen molar-refractivity contribution in [3.63, 3.8) is 0 Å². The molecule has 0 unspecified atom stereocenters. The zero-order valence-electron chi connectivity index (χ0n) is 27.2. The summed E-state index contributed by atoms with van der Waals surface area (Å²) < 4.78 is 32.6. The number of nitrogens with zero attached hydrogens (tertiary/aromatic N) is 1. The molecule has 3 aliphatic rings. The summed E-state index contributed by atoms with van der Waals surface area (Å²) in [7, 11) is 0. The number of hydrogen-bond donors (Lipinski definition) is 0. The Hall–Kier alpha value is -4.79. The molecule has 49 heavy (non-hydrogen) atoms. The topological polar surface area (TPSA) is 66.5 Å². The van der Waals surface area contributed by atoms with E-state index in [2.05, 4.69) is 24.3 Å². The van der Waals surface area contributed by atoms with Gasteiger partial charge in [-0.2, -0.15) is 0 Å². The second-order valence-corrected chi connectivity index (χ2v) is 12.8. The molecule has 1 aliphatic carbocycles. The van der Waals surface area contributed by atoms with Crippen LogP contribution in [0.5, 0.6) is 0 Å². The van der Waals surface area contributed by atoms with Crippen molar-refractivity contribution in [2.75, 3.05) is 13.2 Å². The van der Waals surface area contributed by atoms with Gasteiger partial charge in [0, 0.05) is 5.92 Å². The van der Waals surface area contributed by atoms with Gasteiger partial charge in [-0.25, -0.2) is 4.79 Å². The summed E-state index contributed by atoms with van der Waals surface area (Å²) >= 11 is 0. The molecule has 1 amide bonds. The van der Waals surface area contributed by atoms with E-state index in [4.69, 9.17) is 23.7 Å². The van der Waals surface area contributed by atoms with Crippen molar-refractivity contribution in [2.45, 2.75) is 56.3 Å². The van der Waals surface area contributed by atoms with Gasteiger partial charge in [0.25, 0.3) is 0 Å². The Bertz CT molecular complexity index is 1750. The largest absolute Gasteiger partial charge is 0.448 e. The van der Waals surface area contributed by atoms with Crippen molar-refractivity contribution in [2.24, 2.45) is 0 Å². The number of piperidine rings is 1. The first-order valence-corrected chi connectivity index (χ1v) is 17.0. The third kappa shape index (κ3) is 6.51. The van der Waals surface area contributed by atoms with Crippen LogP contribution in [-0.4, -0.2) is 54.8 Å². The quantitative estimate of drug-likeness (QED) is 0.145. The van der Waals surface area contributed by atoms with Crippen molar-refractivity contribution < 1.29 is 28.5 Å². The first kappa shape index (κ1) is 31.5. The summed E-state index contributed by atoms with van der Waals surface area (Å²) in [6, 6.07) is 46.3. The van der Waals surface area contributed by atoms with E-state index >= 15 is 0 Å². The normalized spacial score (nSPS) is 22.4. The van der Waals surface area contributed by atoms with E-state index in [0.29, 0.717) is 19.8 Å². The zero-order valence-corrected chi connectivity index (χ0v) is 27.2. The summed E-state index contributed by atoms with van der Waals surface area (Å²) in [5.41, 5.74) is 7.77. The van der Waals surface area contributed by atoms with Crippen LogP contribution in [-0.2, 0) is 43.5 Å². The highest BCUT2D eigenvalue weighted by Gasteiger charge is 2.58. The molecule has 2 heterocycles. The average Bonchev–Trinajstić information content (AvgIpc) is 3.69. The summed E-state index contributed by atoms with van der Waals surface area (Å²) in [5, 5.41) is 0. The lowest BCUT2D eigenvalue weighted by Crippen LogP contribution is -2.65. The molecular formula is C42H39NO6. The van der Waals surface area contributed by atoms with E-state index in [1.165, 1.54) is 11.1 Å². The Morgan fingerprint density at radius 1 is 0.571 bits per heavy atom. The summed E-state index contributed by atoms with van der Waals surface area (Å²) in [6.45, 7) is 1.53. The van der Waals surface area contributed by atoms with Crippen LogP contribution in [0.3, 0.4) is 0 Å². The van der Waals surface area contributed by atoms with Crippen LogP contribution in [0.2, 0.25) is 0 Å². The van der Waals surface area contributed by atoms with E-state index < -0.39 is 36.7 Å². The van der Waals surface area contributed by atoms with Gasteiger partial charge >= 0.3 is 6.09 Å². The van der Waals surface area contributed by atoms with Crippen molar-refractivity contribution in [3.8, 4) is 11.1 Å². The Labute approximate surface area is 287 Å². The highest BCUT2D eigenvalue weighted by atomic mass is 16.6. The molecule has 2 saturated heterocycles. The maximum absolute atomic E-state index is 14.2. The molecule has 8 rings (SSSR count). The van der Waals surface area contributed by atoms with Gasteiger partial charge in [-0.3, -0.25) is 4.90 Å². The fraction of sp³-hybridized carbons (Fsp3) is 0.262. The van der Waals surface area contributed by atoms with Crippen LogP contribution in [0, 0.1) is 0 Å². The van der Waals surface area contributed by atoms with Gasteiger partial charge in [-0.15, -0.1) is 0 Å². The predicted octanol–water partition coefficient (Wildman–Crippen LogP) is 7.73. The van der Waals surface area contributed by atoms with Crippen molar-refractivity contribution >= 4 is 6.09 Å². The number of fused-ring (bicyclic) bond motifs is 5. The van der Waals surface area contributed by atoms with Gasteiger partial charge in [-0.1, -0.05) is 140 Å². The minimum Gasteiger partial charge on any atom is -0.448 e. The van der Waals surface area contributed by atoms with Gasteiger partial charge in [0.1, 0.15) is 24.9 Å². The number of rotatable bonds is 11. The summed E-state index contributed by atoms with van der Waals surface area (Å²) in [4.78, 5) is 15.9. The molecule has 248 valence electrons. The lowest BCUT2D eigenvalue weighted by Gasteiger charge is -2.46. The number of ether oxygens (including phenoxy) is 5. The SMILES string of the molecule is O=C(OCC1c2ccccc2-c2ccccc21)N1[C@@H]2CO[C@H]1[C@H](OCc1ccccc1)[C@@H](OCc1ccccc1)[C@@H]2OCc1ccccc1. The number of amides is 1. The fourth-order valence-corrected chi connectivity index (χ4v) is 7.40. The molecule has 5 atom stereocenters. The highest BCUT2D eigenvalue weighted by molar-refractivity contribution is 5.79. The lowest BCUT2D eigenvalue weighted by molar-refractivity contribution is -0.220. The Morgan fingerprint density at radius 3 is 1.55 bits per heavy atom. The average molecular weight is 654 g/mol. The molecule has 5 aromatic carbocycles. The maximum atomic E-state index is 14.2.